The zero-order chi connectivity index (χ0) is 40.8. The van der Waals surface area contributed by atoms with Crippen molar-refractivity contribution in [2.45, 2.75) is 5.41 Å². The van der Waals surface area contributed by atoms with Crippen LogP contribution in [0.3, 0.4) is 0 Å². The summed E-state index contributed by atoms with van der Waals surface area (Å²) in [6.07, 6.45) is 0. The van der Waals surface area contributed by atoms with Gasteiger partial charge < -0.3 is 4.42 Å². The minimum Gasteiger partial charge on any atom is -0.456 e. The van der Waals surface area contributed by atoms with E-state index in [2.05, 4.69) is 176 Å². The summed E-state index contributed by atoms with van der Waals surface area (Å²) in [5, 5.41) is 2.19. The maximum Gasteiger partial charge on any atom is 0.164 e. The Kier molecular flexibility index (Phi) is 7.49. The first kappa shape index (κ1) is 34.6. The lowest BCUT2D eigenvalue weighted by atomic mass is 9.70. The normalized spacial score (nSPS) is 13.0. The van der Waals surface area contributed by atoms with Crippen LogP contribution in [-0.2, 0) is 5.41 Å². The fourth-order valence-electron chi connectivity index (χ4n) is 10.5. The summed E-state index contributed by atoms with van der Waals surface area (Å²) in [4.78, 5) is 15.8. The van der Waals surface area contributed by atoms with Gasteiger partial charge in [-0.15, -0.1) is 0 Å². The maximum absolute atomic E-state index is 6.28. The molecule has 0 aliphatic heterocycles. The van der Waals surface area contributed by atoms with E-state index >= 15 is 0 Å². The van der Waals surface area contributed by atoms with Gasteiger partial charge in [-0.1, -0.05) is 194 Å². The first-order valence-corrected chi connectivity index (χ1v) is 21.1. The van der Waals surface area contributed by atoms with Crippen LogP contribution in [0.15, 0.2) is 217 Å². The van der Waals surface area contributed by atoms with E-state index < -0.39 is 5.41 Å². The topological polar surface area (TPSA) is 51.8 Å². The second-order valence-corrected chi connectivity index (χ2v) is 16.2. The molecule has 2 heterocycles. The molecule has 0 atom stereocenters. The lowest BCUT2D eigenvalue weighted by Crippen LogP contribution is -2.25. The Morgan fingerprint density at radius 1 is 0.306 bits per heavy atom. The second kappa shape index (κ2) is 13.4. The summed E-state index contributed by atoms with van der Waals surface area (Å²) >= 11 is 0. The van der Waals surface area contributed by atoms with E-state index in [9.17, 15) is 0 Å². The van der Waals surface area contributed by atoms with Gasteiger partial charge in [-0.25, -0.2) is 15.0 Å². The van der Waals surface area contributed by atoms with Crippen LogP contribution in [0.5, 0.6) is 0 Å². The molecule has 9 aromatic carbocycles. The molecule has 2 aliphatic rings. The number of aromatic nitrogens is 3. The molecule has 0 amide bonds. The molecule has 4 heteroatoms. The molecule has 0 saturated carbocycles. The van der Waals surface area contributed by atoms with E-state index in [-0.39, 0.29) is 0 Å². The Balaban J connectivity index is 1.02. The fraction of sp³-hybridized carbons (Fsp3) is 0.0172. The third kappa shape index (κ3) is 4.92. The average molecular weight is 790 g/mol. The zero-order valence-electron chi connectivity index (χ0n) is 33.5. The summed E-state index contributed by atoms with van der Waals surface area (Å²) in [5.74, 6) is 1.85. The van der Waals surface area contributed by atoms with E-state index in [1.165, 1.54) is 44.5 Å². The molecule has 0 radical (unpaired) electrons. The van der Waals surface area contributed by atoms with Gasteiger partial charge >= 0.3 is 0 Å². The Bertz CT molecular complexity index is 3560. The van der Waals surface area contributed by atoms with Crippen molar-refractivity contribution in [2.24, 2.45) is 0 Å². The van der Waals surface area contributed by atoms with E-state index in [1.807, 2.05) is 36.4 Å². The van der Waals surface area contributed by atoms with E-state index in [4.69, 9.17) is 19.4 Å². The summed E-state index contributed by atoms with van der Waals surface area (Å²) < 4.78 is 6.28. The van der Waals surface area contributed by atoms with Gasteiger partial charge in [0, 0.05) is 27.5 Å². The standard InChI is InChI=1S/C58H35N3O/c1-2-17-36(18-3-1)55-59-56(38-20-14-19-37(35-38)39-27-16-34-52-54(39)46-26-9-13-33-51(46)62-52)61-57(60-55)44-24-5-4-21-40(44)43-28-15-32-50-53(43)45-25-8-12-31-49(45)58(50)47-29-10-6-22-41(47)42-23-7-11-30-48(42)58/h1-35H. The number of rotatable bonds is 5. The number of para-hydroxylation sites is 1. The zero-order valence-corrected chi connectivity index (χ0v) is 33.5. The van der Waals surface area contributed by atoms with Crippen molar-refractivity contribution in [1.82, 2.24) is 15.0 Å². The van der Waals surface area contributed by atoms with Gasteiger partial charge in [0.15, 0.2) is 17.5 Å². The molecule has 0 unspecified atom stereocenters. The molecule has 288 valence electrons. The predicted octanol–water partition coefficient (Wildman–Crippen LogP) is 14.4. The molecule has 0 saturated heterocycles. The van der Waals surface area contributed by atoms with Crippen molar-refractivity contribution < 1.29 is 4.42 Å². The minimum atomic E-state index is -0.441. The Morgan fingerprint density at radius 3 is 1.56 bits per heavy atom. The molecule has 0 N–H and O–H groups in total. The van der Waals surface area contributed by atoms with Gasteiger partial charge in [0.05, 0.1) is 5.41 Å². The molecule has 2 aromatic heterocycles. The molecule has 13 rings (SSSR count). The van der Waals surface area contributed by atoms with E-state index in [0.29, 0.717) is 17.5 Å². The molecular weight excluding hydrogens is 755 g/mol. The first-order chi connectivity index (χ1) is 30.8. The quantitative estimate of drug-likeness (QED) is 0.174. The molecular formula is C58H35N3O. The van der Waals surface area contributed by atoms with Gasteiger partial charge in [0.2, 0.25) is 0 Å². The fourth-order valence-corrected chi connectivity index (χ4v) is 10.5. The summed E-state index contributed by atoms with van der Waals surface area (Å²) in [6.45, 7) is 0. The van der Waals surface area contributed by atoms with Gasteiger partial charge in [-0.3, -0.25) is 0 Å². The lowest BCUT2D eigenvalue weighted by molar-refractivity contribution is 0.669. The monoisotopic (exact) mass is 789 g/mol. The summed E-state index contributed by atoms with van der Waals surface area (Å²) in [5.41, 5.74) is 18.8. The molecule has 1 spiro atoms. The number of hydrogen-bond donors (Lipinski definition) is 0. The largest absolute Gasteiger partial charge is 0.456 e. The summed E-state index contributed by atoms with van der Waals surface area (Å²) in [7, 11) is 0. The molecule has 2 aliphatic carbocycles. The number of nitrogens with zero attached hydrogens (tertiary/aromatic N) is 3. The highest BCUT2D eigenvalue weighted by Crippen LogP contribution is 2.64. The van der Waals surface area contributed by atoms with Crippen LogP contribution < -0.4 is 0 Å². The molecule has 11 aromatic rings. The number of benzene rings is 9. The van der Waals surface area contributed by atoms with Crippen LogP contribution in [-0.4, -0.2) is 15.0 Å². The van der Waals surface area contributed by atoms with Crippen molar-refractivity contribution in [1.29, 1.82) is 0 Å². The SMILES string of the molecule is c1ccc(-c2nc(-c3cccc(-c4cccc5oc6ccccc6c45)c3)nc(-c3ccccc3-c3cccc4c3-c3ccccc3C43c4ccccc4-c4ccccc43)n2)cc1. The lowest BCUT2D eigenvalue weighted by Gasteiger charge is -2.30. The Morgan fingerprint density at radius 2 is 0.790 bits per heavy atom. The summed E-state index contributed by atoms with van der Waals surface area (Å²) in [6, 6.07) is 75.5. The Hall–Kier alpha value is -8.21. The molecule has 62 heavy (non-hydrogen) atoms. The average Bonchev–Trinajstić information content (AvgIpc) is 3.99. The minimum absolute atomic E-state index is 0.441. The van der Waals surface area contributed by atoms with Crippen LogP contribution in [0, 0.1) is 0 Å². The molecule has 4 nitrogen and oxygen atoms in total. The van der Waals surface area contributed by atoms with Crippen molar-refractivity contribution in [3.05, 3.63) is 235 Å². The van der Waals surface area contributed by atoms with E-state index in [0.717, 1.165) is 60.9 Å². The van der Waals surface area contributed by atoms with Crippen LogP contribution in [0.4, 0.5) is 0 Å². The smallest absolute Gasteiger partial charge is 0.164 e. The first-order valence-electron chi connectivity index (χ1n) is 21.1. The molecule has 0 bridgehead atoms. The van der Waals surface area contributed by atoms with Crippen LogP contribution in [0.1, 0.15) is 22.3 Å². The van der Waals surface area contributed by atoms with Crippen molar-refractivity contribution >= 4 is 21.9 Å². The van der Waals surface area contributed by atoms with Crippen molar-refractivity contribution in [3.63, 3.8) is 0 Å². The van der Waals surface area contributed by atoms with E-state index in [1.54, 1.807) is 0 Å². The van der Waals surface area contributed by atoms with Crippen molar-refractivity contribution in [2.75, 3.05) is 0 Å². The van der Waals surface area contributed by atoms with Crippen molar-refractivity contribution in [3.8, 4) is 78.7 Å². The molecule has 0 fully saturated rings. The van der Waals surface area contributed by atoms with Crippen LogP contribution >= 0.6 is 0 Å². The highest BCUT2D eigenvalue weighted by Gasteiger charge is 2.52. The van der Waals surface area contributed by atoms with Gasteiger partial charge in [-0.2, -0.15) is 0 Å². The predicted molar refractivity (Wildman–Crippen MR) is 251 cm³/mol. The van der Waals surface area contributed by atoms with Gasteiger partial charge in [0.1, 0.15) is 11.2 Å². The highest BCUT2D eigenvalue weighted by atomic mass is 16.3. The Labute approximate surface area is 358 Å². The second-order valence-electron chi connectivity index (χ2n) is 16.2. The maximum atomic E-state index is 6.28. The third-order valence-corrected chi connectivity index (χ3v) is 13.0. The van der Waals surface area contributed by atoms with Crippen LogP contribution in [0.25, 0.3) is 101 Å². The van der Waals surface area contributed by atoms with Crippen LogP contribution in [0.2, 0.25) is 0 Å². The highest BCUT2D eigenvalue weighted by molar-refractivity contribution is 6.12. The van der Waals surface area contributed by atoms with Gasteiger partial charge in [0.25, 0.3) is 0 Å². The number of furan rings is 1. The van der Waals surface area contributed by atoms with Gasteiger partial charge in [-0.05, 0) is 85.0 Å². The number of hydrogen-bond acceptors (Lipinski definition) is 4. The third-order valence-electron chi connectivity index (χ3n) is 13.0. The number of fused-ring (bicyclic) bond motifs is 13.